The van der Waals surface area contributed by atoms with Gasteiger partial charge in [0.2, 0.25) is 0 Å². The summed E-state index contributed by atoms with van der Waals surface area (Å²) in [6.45, 7) is 8.77. The van der Waals surface area contributed by atoms with Gasteiger partial charge in [0, 0.05) is 11.6 Å². The lowest BCUT2D eigenvalue weighted by molar-refractivity contribution is 0.249. The van der Waals surface area contributed by atoms with E-state index in [2.05, 4.69) is 31.3 Å². The fraction of sp³-hybridized carbons (Fsp3) is 0.867. The molecule has 4 nitrogen and oxygen atoms in total. The Morgan fingerprint density at radius 1 is 1.21 bits per heavy atom. The van der Waals surface area contributed by atoms with E-state index < -0.39 is 6.03 Å². The van der Waals surface area contributed by atoms with Crippen molar-refractivity contribution in [1.29, 1.82) is 0 Å². The molecule has 110 valence electrons. The minimum atomic E-state index is -0.580. The molecule has 0 aromatic carbocycles. The molecule has 2 atom stereocenters. The first-order valence-electron chi connectivity index (χ1n) is 7.63. The quantitative estimate of drug-likeness (QED) is 0.511. The topological polar surface area (TPSA) is 67.5 Å². The summed E-state index contributed by atoms with van der Waals surface area (Å²) in [5.41, 5.74) is 8.92. The SMILES string of the molecule is CCCC1C(/C(C)=N/NC(N)=O)C1(CCC)CCC. The Balaban J connectivity index is 2.83. The number of hydrazone groups is 1. The van der Waals surface area contributed by atoms with E-state index in [-0.39, 0.29) is 0 Å². The second-order valence-electron chi connectivity index (χ2n) is 5.84. The highest BCUT2D eigenvalue weighted by Gasteiger charge is 2.62. The van der Waals surface area contributed by atoms with E-state index in [1.807, 2.05) is 6.92 Å². The van der Waals surface area contributed by atoms with Crippen LogP contribution in [0.4, 0.5) is 4.79 Å². The Bertz CT molecular complexity index is 332. The van der Waals surface area contributed by atoms with Crippen LogP contribution in [0.5, 0.6) is 0 Å². The van der Waals surface area contributed by atoms with E-state index in [4.69, 9.17) is 5.73 Å². The number of primary amides is 1. The normalized spacial score (nSPS) is 25.2. The summed E-state index contributed by atoms with van der Waals surface area (Å²) in [6.07, 6.45) is 7.43. The summed E-state index contributed by atoms with van der Waals surface area (Å²) in [7, 11) is 0. The maximum absolute atomic E-state index is 10.8. The van der Waals surface area contributed by atoms with Crippen LogP contribution in [0.2, 0.25) is 0 Å². The van der Waals surface area contributed by atoms with Crippen molar-refractivity contribution in [3.8, 4) is 0 Å². The Hall–Kier alpha value is -1.06. The van der Waals surface area contributed by atoms with Gasteiger partial charge in [-0.2, -0.15) is 5.10 Å². The molecule has 0 aromatic heterocycles. The molecule has 0 saturated heterocycles. The Labute approximate surface area is 117 Å². The lowest BCUT2D eigenvalue weighted by Gasteiger charge is -2.16. The molecule has 1 saturated carbocycles. The predicted molar refractivity (Wildman–Crippen MR) is 80.0 cm³/mol. The standard InChI is InChI=1S/C15H29N3O/c1-5-8-12-13(11(4)17-18-14(16)19)15(12,9-6-2)10-7-3/h12-13H,5-10H2,1-4H3,(H3,16,18,19)/b17-11+. The van der Waals surface area contributed by atoms with Gasteiger partial charge in [-0.25, -0.2) is 10.2 Å². The largest absolute Gasteiger partial charge is 0.350 e. The van der Waals surface area contributed by atoms with E-state index in [1.54, 1.807) is 0 Å². The first-order valence-corrected chi connectivity index (χ1v) is 7.63. The molecule has 0 aliphatic heterocycles. The molecule has 0 spiro atoms. The Kier molecular flexibility index (Phi) is 5.83. The Morgan fingerprint density at radius 2 is 1.79 bits per heavy atom. The zero-order valence-electron chi connectivity index (χ0n) is 12.8. The average Bonchev–Trinajstić information content (AvgIpc) is 2.95. The van der Waals surface area contributed by atoms with Gasteiger partial charge < -0.3 is 5.73 Å². The Morgan fingerprint density at radius 3 is 2.21 bits per heavy atom. The van der Waals surface area contributed by atoms with Gasteiger partial charge in [-0.15, -0.1) is 0 Å². The maximum Gasteiger partial charge on any atom is 0.332 e. The summed E-state index contributed by atoms with van der Waals surface area (Å²) in [4.78, 5) is 10.8. The molecular formula is C15H29N3O. The van der Waals surface area contributed by atoms with Crippen LogP contribution < -0.4 is 11.2 Å². The lowest BCUT2D eigenvalue weighted by atomic mass is 9.89. The molecule has 1 aliphatic rings. The van der Waals surface area contributed by atoms with E-state index in [0.717, 1.165) is 11.6 Å². The third-order valence-corrected chi connectivity index (χ3v) is 4.47. The number of carbonyl (C=O) groups is 1. The van der Waals surface area contributed by atoms with Gasteiger partial charge in [0.05, 0.1) is 0 Å². The van der Waals surface area contributed by atoms with Crippen molar-refractivity contribution >= 4 is 11.7 Å². The van der Waals surface area contributed by atoms with Crippen LogP contribution in [0.25, 0.3) is 0 Å². The third kappa shape index (κ3) is 3.48. The van der Waals surface area contributed by atoms with E-state index in [0.29, 0.717) is 11.3 Å². The number of hydrogen-bond acceptors (Lipinski definition) is 2. The van der Waals surface area contributed by atoms with Crippen LogP contribution in [0.15, 0.2) is 5.10 Å². The number of nitrogens with zero attached hydrogens (tertiary/aromatic N) is 1. The van der Waals surface area contributed by atoms with E-state index >= 15 is 0 Å². The van der Waals surface area contributed by atoms with Gasteiger partial charge in [-0.05, 0) is 37.5 Å². The van der Waals surface area contributed by atoms with Gasteiger partial charge >= 0.3 is 6.03 Å². The smallest absolute Gasteiger partial charge is 0.332 e. The molecule has 19 heavy (non-hydrogen) atoms. The summed E-state index contributed by atoms with van der Waals surface area (Å²) in [5, 5.41) is 4.17. The first kappa shape index (κ1) is 16.0. The number of nitrogens with one attached hydrogen (secondary N) is 1. The number of carbonyl (C=O) groups excluding carboxylic acids is 1. The maximum atomic E-state index is 10.8. The molecule has 0 aromatic rings. The third-order valence-electron chi connectivity index (χ3n) is 4.47. The van der Waals surface area contributed by atoms with Crippen LogP contribution in [-0.2, 0) is 0 Å². The van der Waals surface area contributed by atoms with Gasteiger partial charge in [0.1, 0.15) is 0 Å². The number of urea groups is 1. The zero-order valence-corrected chi connectivity index (χ0v) is 12.8. The molecule has 0 heterocycles. The lowest BCUT2D eigenvalue weighted by Crippen LogP contribution is -2.26. The van der Waals surface area contributed by atoms with Gasteiger partial charge in [-0.1, -0.05) is 40.0 Å². The summed E-state index contributed by atoms with van der Waals surface area (Å²) < 4.78 is 0. The van der Waals surface area contributed by atoms with Crippen LogP contribution >= 0.6 is 0 Å². The molecule has 2 unspecified atom stereocenters. The van der Waals surface area contributed by atoms with Gasteiger partial charge in [-0.3, -0.25) is 0 Å². The molecule has 4 heteroatoms. The number of nitrogens with two attached hydrogens (primary N) is 1. The number of hydrogen-bond donors (Lipinski definition) is 2. The van der Waals surface area contributed by atoms with Crippen molar-refractivity contribution in [2.75, 3.05) is 0 Å². The van der Waals surface area contributed by atoms with E-state index in [1.165, 1.54) is 38.5 Å². The number of amides is 2. The highest BCUT2D eigenvalue weighted by molar-refractivity contribution is 5.89. The first-order chi connectivity index (χ1) is 9.03. The van der Waals surface area contributed by atoms with Gasteiger partial charge in [0.15, 0.2) is 0 Å². The average molecular weight is 267 g/mol. The van der Waals surface area contributed by atoms with E-state index in [9.17, 15) is 4.79 Å². The predicted octanol–water partition coefficient (Wildman–Crippen LogP) is 3.66. The fourth-order valence-electron chi connectivity index (χ4n) is 4.00. The molecule has 1 rings (SSSR count). The van der Waals surface area contributed by atoms with Crippen molar-refractivity contribution in [3.63, 3.8) is 0 Å². The van der Waals surface area contributed by atoms with Gasteiger partial charge in [0.25, 0.3) is 0 Å². The molecule has 1 aliphatic carbocycles. The van der Waals surface area contributed by atoms with Crippen molar-refractivity contribution in [2.24, 2.45) is 28.1 Å². The van der Waals surface area contributed by atoms with Crippen LogP contribution in [-0.4, -0.2) is 11.7 Å². The van der Waals surface area contributed by atoms with Crippen molar-refractivity contribution < 1.29 is 4.79 Å². The molecular weight excluding hydrogens is 238 g/mol. The monoisotopic (exact) mass is 267 g/mol. The summed E-state index contributed by atoms with van der Waals surface area (Å²) in [5.74, 6) is 1.26. The van der Waals surface area contributed by atoms with Crippen LogP contribution in [0, 0.1) is 17.3 Å². The van der Waals surface area contributed by atoms with Crippen molar-refractivity contribution in [3.05, 3.63) is 0 Å². The van der Waals surface area contributed by atoms with Crippen LogP contribution in [0.3, 0.4) is 0 Å². The zero-order chi connectivity index (χ0) is 14.5. The van der Waals surface area contributed by atoms with Crippen LogP contribution in [0.1, 0.15) is 66.2 Å². The number of rotatable bonds is 8. The highest BCUT2D eigenvalue weighted by Crippen LogP contribution is 2.66. The van der Waals surface area contributed by atoms with Crippen molar-refractivity contribution in [2.45, 2.75) is 66.2 Å². The molecule has 3 N–H and O–H groups in total. The summed E-state index contributed by atoms with van der Waals surface area (Å²) >= 11 is 0. The minimum absolute atomic E-state index is 0.423. The minimum Gasteiger partial charge on any atom is -0.350 e. The second kappa shape index (κ2) is 6.92. The summed E-state index contributed by atoms with van der Waals surface area (Å²) in [6, 6.07) is -0.580. The van der Waals surface area contributed by atoms with Crippen molar-refractivity contribution in [1.82, 2.24) is 5.43 Å². The second-order valence-corrected chi connectivity index (χ2v) is 5.84. The highest BCUT2D eigenvalue weighted by atomic mass is 16.2. The molecule has 0 bridgehead atoms. The molecule has 2 amide bonds. The molecule has 0 radical (unpaired) electrons. The molecule has 1 fully saturated rings. The fourth-order valence-corrected chi connectivity index (χ4v) is 4.00.